The molecule has 0 bridgehead atoms. The molecule has 0 fully saturated rings. The Balaban J connectivity index is 1.78. The summed E-state index contributed by atoms with van der Waals surface area (Å²) in [7, 11) is 0. The number of rotatable bonds is 14. The van der Waals surface area contributed by atoms with E-state index in [1.165, 1.54) is 0 Å². The number of nitrogens with zero attached hydrogens (tertiary/aromatic N) is 2. The third kappa shape index (κ3) is 9.30. The lowest BCUT2D eigenvalue weighted by atomic mass is 10.2. The normalized spacial score (nSPS) is 12.9. The largest absolute Gasteiger partial charge is 0.377 e. The molecule has 2 atom stereocenters. The summed E-state index contributed by atoms with van der Waals surface area (Å²) in [6.07, 6.45) is 1.37. The van der Waals surface area contributed by atoms with Gasteiger partial charge >= 0.3 is 0 Å². The predicted octanol–water partition coefficient (Wildman–Crippen LogP) is 2.11. The second-order valence-electron chi connectivity index (χ2n) is 6.40. The molecule has 2 aromatic carbocycles. The summed E-state index contributed by atoms with van der Waals surface area (Å²) in [5.41, 5.74) is 9.74. The Morgan fingerprint density at radius 1 is 1.07 bits per heavy atom. The minimum atomic E-state index is -1.26. The zero-order valence-corrected chi connectivity index (χ0v) is 16.6. The van der Waals surface area contributed by atoms with Crippen LogP contribution >= 0.6 is 0 Å². The molecule has 8 heteroatoms. The van der Waals surface area contributed by atoms with Gasteiger partial charge in [-0.3, -0.25) is 15.1 Å². The highest BCUT2D eigenvalue weighted by Crippen LogP contribution is 2.06. The first kappa shape index (κ1) is 23.0. The first-order chi connectivity index (χ1) is 14.7. The smallest absolute Gasteiger partial charge is 0.256 e. The first-order valence-corrected chi connectivity index (χ1v) is 9.54. The van der Waals surface area contributed by atoms with Crippen LogP contribution in [-0.2, 0) is 32.3 Å². The van der Waals surface area contributed by atoms with Crippen molar-refractivity contribution in [2.24, 2.45) is 10.7 Å². The Bertz CT molecular complexity index is 809. The molecule has 0 aromatic heterocycles. The molecule has 30 heavy (non-hydrogen) atoms. The molecule has 3 N–H and O–H groups in total. The lowest BCUT2D eigenvalue weighted by Gasteiger charge is -2.17. The van der Waals surface area contributed by atoms with Crippen LogP contribution in [0, 0.1) is 11.3 Å². The third-order valence-corrected chi connectivity index (χ3v) is 4.01. The molecule has 0 heterocycles. The van der Waals surface area contributed by atoms with E-state index in [9.17, 15) is 4.79 Å². The summed E-state index contributed by atoms with van der Waals surface area (Å²) in [4.78, 5) is 20.3. The first-order valence-electron chi connectivity index (χ1n) is 9.54. The van der Waals surface area contributed by atoms with E-state index in [-0.39, 0.29) is 6.10 Å². The van der Waals surface area contributed by atoms with Gasteiger partial charge in [0, 0.05) is 13.0 Å². The maximum Gasteiger partial charge on any atom is 0.256 e. The molecule has 2 aromatic rings. The van der Waals surface area contributed by atoms with Crippen molar-refractivity contribution in [1.29, 1.82) is 5.26 Å². The van der Waals surface area contributed by atoms with Crippen molar-refractivity contribution in [3.63, 3.8) is 0 Å². The number of carbonyl (C=O) groups excluding carboxylic acids is 1. The van der Waals surface area contributed by atoms with Crippen molar-refractivity contribution in [2.75, 3.05) is 13.2 Å². The van der Waals surface area contributed by atoms with Gasteiger partial charge in [0.05, 0.1) is 25.9 Å². The molecular weight excluding hydrogens is 384 g/mol. The molecule has 2 rings (SSSR count). The Morgan fingerprint density at radius 3 is 2.23 bits per heavy atom. The topological polar surface area (TPSA) is 119 Å². The number of aliphatic imine (C=N–C) groups is 1. The summed E-state index contributed by atoms with van der Waals surface area (Å²) in [6, 6.07) is 20.1. The molecule has 0 radical (unpaired) electrons. The predicted molar refractivity (Wildman–Crippen MR) is 112 cm³/mol. The average molecular weight is 410 g/mol. The minimum Gasteiger partial charge on any atom is -0.377 e. The second kappa shape index (κ2) is 13.8. The van der Waals surface area contributed by atoms with Crippen LogP contribution in [0.3, 0.4) is 0 Å². The van der Waals surface area contributed by atoms with E-state index in [4.69, 9.17) is 25.3 Å². The van der Waals surface area contributed by atoms with Gasteiger partial charge in [-0.1, -0.05) is 60.7 Å². The number of nitrogens with one attached hydrogen (secondary N) is 1. The second-order valence-corrected chi connectivity index (χ2v) is 6.40. The number of ether oxygens (including phenoxy) is 2. The number of nitriles is 1. The van der Waals surface area contributed by atoms with Crippen LogP contribution in [0.15, 0.2) is 65.7 Å². The standard InChI is InChI=1S/C22H26N4O4/c23-13-21(22(24)27)25-17-26-30-20(16-29-15-19-9-5-2-6-10-19)11-12-28-14-18-7-3-1-4-8-18/h1-10,17,20-21H,11-12,14-16H2,(H2,24,27)(H,25,26). The van der Waals surface area contributed by atoms with E-state index in [0.717, 1.165) is 17.5 Å². The molecule has 0 aliphatic heterocycles. The lowest BCUT2D eigenvalue weighted by molar-refractivity contribution is -0.118. The maximum absolute atomic E-state index is 11.0. The fourth-order valence-electron chi connectivity index (χ4n) is 2.44. The van der Waals surface area contributed by atoms with Crippen molar-refractivity contribution in [2.45, 2.75) is 31.8 Å². The van der Waals surface area contributed by atoms with Crippen LogP contribution in [0.1, 0.15) is 17.5 Å². The third-order valence-electron chi connectivity index (χ3n) is 4.01. The van der Waals surface area contributed by atoms with Gasteiger partial charge in [0.15, 0.2) is 0 Å². The van der Waals surface area contributed by atoms with Crippen LogP contribution in [0.5, 0.6) is 0 Å². The highest BCUT2D eigenvalue weighted by molar-refractivity contribution is 5.84. The van der Waals surface area contributed by atoms with E-state index < -0.39 is 11.9 Å². The van der Waals surface area contributed by atoms with Crippen LogP contribution in [0.25, 0.3) is 0 Å². The number of hydroxylamine groups is 1. The van der Waals surface area contributed by atoms with Gasteiger partial charge in [0.25, 0.3) is 5.91 Å². The van der Waals surface area contributed by atoms with Gasteiger partial charge in [0.2, 0.25) is 6.04 Å². The molecule has 158 valence electrons. The molecule has 0 spiro atoms. The number of hydrogen-bond donors (Lipinski definition) is 2. The van der Waals surface area contributed by atoms with Crippen molar-refractivity contribution in [3.05, 3.63) is 71.8 Å². The van der Waals surface area contributed by atoms with Gasteiger partial charge in [0.1, 0.15) is 12.4 Å². The summed E-state index contributed by atoms with van der Waals surface area (Å²) in [6.45, 7) is 1.75. The number of amides is 1. The number of benzene rings is 2. The monoisotopic (exact) mass is 410 g/mol. The van der Waals surface area contributed by atoms with Gasteiger partial charge in [-0.2, -0.15) is 5.26 Å². The van der Waals surface area contributed by atoms with Gasteiger partial charge < -0.3 is 15.2 Å². The zero-order chi connectivity index (χ0) is 21.4. The molecular formula is C22H26N4O4. The fraction of sp³-hybridized carbons (Fsp3) is 0.318. The van der Waals surface area contributed by atoms with Crippen molar-refractivity contribution in [1.82, 2.24) is 5.48 Å². The Hall–Kier alpha value is -3.25. The Labute approximate surface area is 176 Å². The number of hydrogen-bond acceptors (Lipinski definition) is 6. The summed E-state index contributed by atoms with van der Waals surface area (Å²) in [5, 5.41) is 8.80. The number of carbonyl (C=O) groups is 1. The highest BCUT2D eigenvalue weighted by Gasteiger charge is 2.12. The molecule has 0 saturated carbocycles. The van der Waals surface area contributed by atoms with Gasteiger partial charge in [-0.05, 0) is 11.1 Å². The number of primary amides is 1. The Kier molecular flexibility index (Phi) is 10.6. The Morgan fingerprint density at radius 2 is 1.67 bits per heavy atom. The van der Waals surface area contributed by atoms with E-state index in [0.29, 0.717) is 32.8 Å². The maximum atomic E-state index is 11.0. The van der Waals surface area contributed by atoms with E-state index >= 15 is 0 Å². The van der Waals surface area contributed by atoms with Crippen LogP contribution < -0.4 is 11.2 Å². The van der Waals surface area contributed by atoms with Crippen molar-refractivity contribution < 1.29 is 19.1 Å². The lowest BCUT2D eigenvalue weighted by Crippen LogP contribution is -2.30. The number of nitrogens with two attached hydrogens (primary N) is 1. The molecule has 0 aliphatic rings. The van der Waals surface area contributed by atoms with E-state index in [2.05, 4.69) is 10.5 Å². The van der Waals surface area contributed by atoms with Crippen molar-refractivity contribution in [3.8, 4) is 6.07 Å². The minimum absolute atomic E-state index is 0.321. The highest BCUT2D eigenvalue weighted by atomic mass is 16.7. The van der Waals surface area contributed by atoms with Gasteiger partial charge in [-0.25, -0.2) is 4.99 Å². The summed E-state index contributed by atoms with van der Waals surface area (Å²) in [5.74, 6) is -0.826. The fourth-order valence-corrected chi connectivity index (χ4v) is 2.44. The SMILES string of the molecule is N#CC(N=CNOC(CCOCc1ccccc1)COCc1ccccc1)C(N)=O. The van der Waals surface area contributed by atoms with Gasteiger partial charge in [-0.15, -0.1) is 0 Å². The van der Waals surface area contributed by atoms with Crippen LogP contribution in [0.4, 0.5) is 0 Å². The summed E-state index contributed by atoms with van der Waals surface area (Å²) >= 11 is 0. The molecule has 0 saturated heterocycles. The van der Waals surface area contributed by atoms with E-state index in [1.54, 1.807) is 6.07 Å². The quantitative estimate of drug-likeness (QED) is 0.213. The molecule has 8 nitrogen and oxygen atoms in total. The van der Waals surface area contributed by atoms with Crippen LogP contribution in [-0.4, -0.2) is 37.6 Å². The van der Waals surface area contributed by atoms with E-state index in [1.807, 2.05) is 60.7 Å². The average Bonchev–Trinajstić information content (AvgIpc) is 2.77. The van der Waals surface area contributed by atoms with Crippen molar-refractivity contribution >= 4 is 12.2 Å². The molecule has 2 unspecified atom stereocenters. The summed E-state index contributed by atoms with van der Waals surface area (Å²) < 4.78 is 11.5. The zero-order valence-electron chi connectivity index (χ0n) is 16.6. The van der Waals surface area contributed by atoms with Crippen LogP contribution in [0.2, 0.25) is 0 Å². The molecule has 1 amide bonds. The molecule has 0 aliphatic carbocycles.